The molecule has 0 atom stereocenters. The number of carbonyl (C=O) groups excluding carboxylic acids is 1. The molecule has 0 unspecified atom stereocenters. The molecule has 2 aromatic carbocycles. The summed E-state index contributed by atoms with van der Waals surface area (Å²) in [6, 6.07) is 15.3. The summed E-state index contributed by atoms with van der Waals surface area (Å²) >= 11 is 5.59. The Labute approximate surface area is 118 Å². The maximum atomic E-state index is 11.0. The lowest BCUT2D eigenvalue weighted by molar-refractivity contribution is 0.112. The zero-order valence-corrected chi connectivity index (χ0v) is 11.3. The van der Waals surface area contributed by atoms with Gasteiger partial charge in [0.05, 0.1) is 6.61 Å². The fourth-order valence-electron chi connectivity index (χ4n) is 1.84. The molecule has 0 fully saturated rings. The van der Waals surface area contributed by atoms with Crippen LogP contribution in [-0.2, 0) is 0 Å². The first-order valence-electron chi connectivity index (χ1n) is 6.18. The van der Waals surface area contributed by atoms with Crippen LogP contribution in [0.4, 0.5) is 0 Å². The summed E-state index contributed by atoms with van der Waals surface area (Å²) in [4.78, 5) is 11.0. The summed E-state index contributed by atoms with van der Waals surface area (Å²) in [5.74, 6) is 1.42. The molecule has 0 aromatic heterocycles. The number of benzene rings is 2. The van der Waals surface area contributed by atoms with E-state index in [1.807, 2.05) is 48.5 Å². The first-order valence-corrected chi connectivity index (χ1v) is 6.72. The van der Waals surface area contributed by atoms with Crippen LogP contribution in [0.15, 0.2) is 48.5 Å². The molecule has 19 heavy (non-hydrogen) atoms. The second-order valence-corrected chi connectivity index (χ2v) is 4.50. The Morgan fingerprint density at radius 2 is 1.79 bits per heavy atom. The number of carbonyl (C=O) groups is 1. The molecule has 0 amide bonds. The zero-order valence-electron chi connectivity index (χ0n) is 10.5. The molecule has 0 saturated heterocycles. The first kappa shape index (κ1) is 13.6. The van der Waals surface area contributed by atoms with Crippen LogP contribution in [0.2, 0.25) is 0 Å². The van der Waals surface area contributed by atoms with Crippen LogP contribution >= 0.6 is 11.6 Å². The molecular weight excluding hydrogens is 260 g/mol. The molecule has 0 aliphatic heterocycles. The third-order valence-electron chi connectivity index (χ3n) is 2.80. The van der Waals surface area contributed by atoms with Gasteiger partial charge < -0.3 is 4.74 Å². The van der Waals surface area contributed by atoms with Crippen molar-refractivity contribution in [3.63, 3.8) is 0 Å². The van der Waals surface area contributed by atoms with Gasteiger partial charge in [0.1, 0.15) is 5.75 Å². The molecule has 0 aliphatic rings. The molecule has 0 aliphatic carbocycles. The number of hydrogen-bond acceptors (Lipinski definition) is 2. The van der Waals surface area contributed by atoms with Gasteiger partial charge in [0, 0.05) is 11.4 Å². The summed E-state index contributed by atoms with van der Waals surface area (Å²) in [6.07, 6.45) is 1.71. The highest BCUT2D eigenvalue weighted by Gasteiger charge is 2.03. The SMILES string of the molecule is O=Cc1ccccc1-c1ccc(OCCCCl)cc1. The lowest BCUT2D eigenvalue weighted by atomic mass is 10.0. The minimum atomic E-state index is 0.602. The van der Waals surface area contributed by atoms with E-state index in [4.69, 9.17) is 16.3 Å². The number of hydrogen-bond donors (Lipinski definition) is 0. The standard InChI is InChI=1S/C16H15ClO2/c17-10-3-11-19-15-8-6-13(7-9-15)16-5-2-1-4-14(16)12-18/h1-2,4-9,12H,3,10-11H2. The van der Waals surface area contributed by atoms with Crippen molar-refractivity contribution in [1.29, 1.82) is 0 Å². The maximum Gasteiger partial charge on any atom is 0.150 e. The van der Waals surface area contributed by atoms with Crippen LogP contribution in [-0.4, -0.2) is 18.8 Å². The van der Waals surface area contributed by atoms with Crippen molar-refractivity contribution in [2.24, 2.45) is 0 Å². The van der Waals surface area contributed by atoms with E-state index in [0.717, 1.165) is 29.6 Å². The van der Waals surface area contributed by atoms with Crippen LogP contribution in [0, 0.1) is 0 Å². The van der Waals surface area contributed by atoms with E-state index in [1.54, 1.807) is 0 Å². The van der Waals surface area contributed by atoms with Gasteiger partial charge in [-0.05, 0) is 29.7 Å². The average molecular weight is 275 g/mol. The molecule has 2 rings (SSSR count). The lowest BCUT2D eigenvalue weighted by Crippen LogP contribution is -1.97. The molecule has 0 N–H and O–H groups in total. The third kappa shape index (κ3) is 3.58. The average Bonchev–Trinajstić information content (AvgIpc) is 2.48. The second kappa shape index (κ2) is 6.95. The van der Waals surface area contributed by atoms with Gasteiger partial charge in [0.15, 0.2) is 6.29 Å². The van der Waals surface area contributed by atoms with Gasteiger partial charge in [0.25, 0.3) is 0 Å². The van der Waals surface area contributed by atoms with Crippen LogP contribution in [0.1, 0.15) is 16.8 Å². The van der Waals surface area contributed by atoms with Crippen molar-refractivity contribution in [3.8, 4) is 16.9 Å². The van der Waals surface area contributed by atoms with Crippen molar-refractivity contribution < 1.29 is 9.53 Å². The van der Waals surface area contributed by atoms with E-state index in [0.29, 0.717) is 18.1 Å². The minimum Gasteiger partial charge on any atom is -0.494 e. The van der Waals surface area contributed by atoms with Gasteiger partial charge in [-0.2, -0.15) is 0 Å². The zero-order chi connectivity index (χ0) is 13.5. The monoisotopic (exact) mass is 274 g/mol. The topological polar surface area (TPSA) is 26.3 Å². The van der Waals surface area contributed by atoms with Gasteiger partial charge in [-0.1, -0.05) is 36.4 Å². The molecule has 0 heterocycles. The van der Waals surface area contributed by atoms with E-state index < -0.39 is 0 Å². The predicted octanol–water partition coefficient (Wildman–Crippen LogP) is 4.17. The van der Waals surface area contributed by atoms with Gasteiger partial charge in [-0.25, -0.2) is 0 Å². The summed E-state index contributed by atoms with van der Waals surface area (Å²) in [5, 5.41) is 0. The van der Waals surface area contributed by atoms with E-state index >= 15 is 0 Å². The van der Waals surface area contributed by atoms with Crippen molar-refractivity contribution in [2.45, 2.75) is 6.42 Å². The number of alkyl halides is 1. The van der Waals surface area contributed by atoms with E-state index in [9.17, 15) is 4.79 Å². The second-order valence-electron chi connectivity index (χ2n) is 4.12. The molecule has 3 heteroatoms. The molecule has 98 valence electrons. The number of rotatable bonds is 6. The fourth-order valence-corrected chi connectivity index (χ4v) is 1.95. The van der Waals surface area contributed by atoms with Crippen LogP contribution in [0.3, 0.4) is 0 Å². The van der Waals surface area contributed by atoms with E-state index in [2.05, 4.69) is 0 Å². The normalized spacial score (nSPS) is 10.2. The highest BCUT2D eigenvalue weighted by Crippen LogP contribution is 2.24. The maximum absolute atomic E-state index is 11.0. The van der Waals surface area contributed by atoms with Gasteiger partial charge in [-0.15, -0.1) is 11.6 Å². The predicted molar refractivity (Wildman–Crippen MR) is 78.1 cm³/mol. The third-order valence-corrected chi connectivity index (χ3v) is 3.07. The molecule has 2 aromatic rings. The van der Waals surface area contributed by atoms with Gasteiger partial charge >= 0.3 is 0 Å². The van der Waals surface area contributed by atoms with Crippen molar-refractivity contribution in [2.75, 3.05) is 12.5 Å². The Hall–Kier alpha value is -1.80. The van der Waals surface area contributed by atoms with Crippen molar-refractivity contribution in [1.82, 2.24) is 0 Å². The van der Waals surface area contributed by atoms with Crippen molar-refractivity contribution >= 4 is 17.9 Å². The highest BCUT2D eigenvalue weighted by atomic mass is 35.5. The molecule has 2 nitrogen and oxygen atoms in total. The molecule has 0 saturated carbocycles. The highest BCUT2D eigenvalue weighted by molar-refractivity contribution is 6.17. The Kier molecular flexibility index (Phi) is 4.99. The first-order chi connectivity index (χ1) is 9.35. The number of halogens is 1. The van der Waals surface area contributed by atoms with Crippen LogP contribution in [0.25, 0.3) is 11.1 Å². The van der Waals surface area contributed by atoms with Crippen LogP contribution in [0.5, 0.6) is 5.75 Å². The smallest absolute Gasteiger partial charge is 0.150 e. The Bertz CT molecular complexity index is 535. The molecule has 0 radical (unpaired) electrons. The fraction of sp³-hybridized carbons (Fsp3) is 0.188. The summed E-state index contributed by atoms with van der Waals surface area (Å²) in [6.45, 7) is 0.619. The van der Waals surface area contributed by atoms with Crippen molar-refractivity contribution in [3.05, 3.63) is 54.1 Å². The largest absolute Gasteiger partial charge is 0.494 e. The number of aldehydes is 1. The quantitative estimate of drug-likeness (QED) is 0.449. The summed E-state index contributed by atoms with van der Waals surface area (Å²) in [7, 11) is 0. The Balaban J connectivity index is 2.15. The van der Waals surface area contributed by atoms with Crippen LogP contribution < -0.4 is 4.74 Å². The van der Waals surface area contributed by atoms with Gasteiger partial charge in [-0.3, -0.25) is 4.79 Å². The Morgan fingerprint density at radius 3 is 2.47 bits per heavy atom. The number of ether oxygens (including phenoxy) is 1. The molecular formula is C16H15ClO2. The minimum absolute atomic E-state index is 0.602. The Morgan fingerprint density at radius 1 is 1.05 bits per heavy atom. The van der Waals surface area contributed by atoms with Gasteiger partial charge in [0.2, 0.25) is 0 Å². The van der Waals surface area contributed by atoms with E-state index in [1.165, 1.54) is 0 Å². The van der Waals surface area contributed by atoms with E-state index in [-0.39, 0.29) is 0 Å². The summed E-state index contributed by atoms with van der Waals surface area (Å²) < 4.78 is 5.54. The molecule has 0 spiro atoms. The lowest BCUT2D eigenvalue weighted by Gasteiger charge is -2.08. The molecule has 0 bridgehead atoms. The summed E-state index contributed by atoms with van der Waals surface area (Å²) in [5.41, 5.74) is 2.63.